The number of phenolic OH excluding ortho intramolecular Hbond substituents is 2. The van der Waals surface area contributed by atoms with Crippen molar-refractivity contribution in [2.45, 2.75) is 46.6 Å². The molecule has 7 nitrogen and oxygen atoms in total. The van der Waals surface area contributed by atoms with Crippen LogP contribution in [0, 0.1) is 13.8 Å². The molecule has 0 saturated heterocycles. The molecule has 32 heavy (non-hydrogen) atoms. The maximum absolute atomic E-state index is 13.3. The molecule has 7 heteroatoms. The van der Waals surface area contributed by atoms with Crippen LogP contribution in [-0.2, 0) is 0 Å². The lowest BCUT2D eigenvalue weighted by Crippen LogP contribution is -2.30. The lowest BCUT2D eigenvalue weighted by Gasteiger charge is -2.27. The number of rotatable bonds is 7. The van der Waals surface area contributed by atoms with Crippen LogP contribution < -0.4 is 4.74 Å². The first-order chi connectivity index (χ1) is 15.4. The molecule has 1 amide bonds. The Morgan fingerprint density at radius 2 is 1.94 bits per heavy atom. The Bertz CT molecular complexity index is 1170. The lowest BCUT2D eigenvalue weighted by atomic mass is 9.94. The lowest BCUT2D eigenvalue weighted by molar-refractivity contribution is 0.0741. The molecule has 0 bridgehead atoms. The highest BCUT2D eigenvalue weighted by atomic mass is 16.5. The number of nitrogens with one attached hydrogen (secondary N) is 1. The molecule has 1 atom stereocenters. The van der Waals surface area contributed by atoms with E-state index in [2.05, 4.69) is 17.1 Å². The summed E-state index contributed by atoms with van der Waals surface area (Å²) in [5, 5.41) is 28.4. The van der Waals surface area contributed by atoms with Crippen molar-refractivity contribution in [2.24, 2.45) is 0 Å². The van der Waals surface area contributed by atoms with Gasteiger partial charge in [-0.15, -0.1) is 0 Å². The Kier molecular flexibility index (Phi) is 5.82. The summed E-state index contributed by atoms with van der Waals surface area (Å²) in [6, 6.07) is 8.57. The minimum atomic E-state index is -0.405. The van der Waals surface area contributed by atoms with Gasteiger partial charge in [-0.25, -0.2) is 0 Å². The standard InChI is InChI=1S/C25H29N3O4/c1-5-7-10-28-23(16-8-9-18(29)19(13-16)32-6-2)20-21(26-27-22(20)25(28)31)17-12-14(3)11-15(4)24(17)30/h8-9,11-13,23,29-30H,5-7,10H2,1-4H3,(H,26,27). The van der Waals surface area contributed by atoms with Gasteiger partial charge < -0.3 is 19.8 Å². The molecule has 1 aromatic heterocycles. The average Bonchev–Trinajstić information content (AvgIpc) is 3.30. The first-order valence-electron chi connectivity index (χ1n) is 11.0. The molecule has 2 heterocycles. The monoisotopic (exact) mass is 435 g/mol. The molecule has 0 radical (unpaired) electrons. The summed E-state index contributed by atoms with van der Waals surface area (Å²) < 4.78 is 5.60. The third-order valence-electron chi connectivity index (χ3n) is 5.92. The zero-order chi connectivity index (χ0) is 23.0. The summed E-state index contributed by atoms with van der Waals surface area (Å²) in [6.07, 6.45) is 1.81. The topological polar surface area (TPSA) is 98.7 Å². The van der Waals surface area contributed by atoms with Gasteiger partial charge in [0.05, 0.1) is 12.6 Å². The fraction of sp³-hybridized carbons (Fsp3) is 0.360. The number of nitrogens with zero attached hydrogens (tertiary/aromatic N) is 2. The summed E-state index contributed by atoms with van der Waals surface area (Å²) in [6.45, 7) is 8.76. The van der Waals surface area contributed by atoms with Crippen molar-refractivity contribution in [3.05, 3.63) is 58.3 Å². The average molecular weight is 436 g/mol. The predicted molar refractivity (Wildman–Crippen MR) is 122 cm³/mol. The van der Waals surface area contributed by atoms with Crippen LogP contribution in [0.3, 0.4) is 0 Å². The maximum Gasteiger partial charge on any atom is 0.273 e. The minimum Gasteiger partial charge on any atom is -0.507 e. The van der Waals surface area contributed by atoms with Crippen LogP contribution in [0.4, 0.5) is 0 Å². The van der Waals surface area contributed by atoms with E-state index >= 15 is 0 Å². The van der Waals surface area contributed by atoms with E-state index in [1.165, 1.54) is 0 Å². The second-order valence-corrected chi connectivity index (χ2v) is 8.25. The van der Waals surface area contributed by atoms with Gasteiger partial charge in [-0.2, -0.15) is 5.10 Å². The van der Waals surface area contributed by atoms with Crippen molar-refractivity contribution in [3.63, 3.8) is 0 Å². The number of H-pyrrole nitrogens is 1. The number of amides is 1. The maximum atomic E-state index is 13.3. The third-order valence-corrected chi connectivity index (χ3v) is 5.92. The molecule has 168 valence electrons. The van der Waals surface area contributed by atoms with Crippen molar-refractivity contribution >= 4 is 5.91 Å². The van der Waals surface area contributed by atoms with Gasteiger partial charge in [0.1, 0.15) is 17.1 Å². The van der Waals surface area contributed by atoms with Crippen LogP contribution in [0.25, 0.3) is 11.3 Å². The Morgan fingerprint density at radius 3 is 2.66 bits per heavy atom. The molecule has 0 aliphatic carbocycles. The minimum absolute atomic E-state index is 0.0552. The second-order valence-electron chi connectivity index (χ2n) is 8.25. The Hall–Kier alpha value is -3.48. The van der Waals surface area contributed by atoms with Crippen molar-refractivity contribution in [1.82, 2.24) is 15.1 Å². The van der Waals surface area contributed by atoms with Gasteiger partial charge in [0, 0.05) is 17.7 Å². The molecule has 1 aliphatic heterocycles. The smallest absolute Gasteiger partial charge is 0.273 e. The first-order valence-corrected chi connectivity index (χ1v) is 11.0. The number of unbranched alkanes of at least 4 members (excludes halogenated alkanes) is 1. The van der Waals surface area contributed by atoms with Crippen molar-refractivity contribution in [2.75, 3.05) is 13.2 Å². The Morgan fingerprint density at radius 1 is 1.16 bits per heavy atom. The molecular formula is C25H29N3O4. The summed E-state index contributed by atoms with van der Waals surface area (Å²) >= 11 is 0. The number of fused-ring (bicyclic) bond motifs is 1. The van der Waals surface area contributed by atoms with Crippen LogP contribution in [0.1, 0.15) is 65.5 Å². The largest absolute Gasteiger partial charge is 0.507 e. The first kappa shape index (κ1) is 21.7. The summed E-state index contributed by atoms with van der Waals surface area (Å²) in [5.41, 5.74) is 4.90. The van der Waals surface area contributed by atoms with Gasteiger partial charge in [-0.1, -0.05) is 25.5 Å². The number of hydrogen-bond donors (Lipinski definition) is 3. The SMILES string of the molecule is CCCCN1C(=O)c2[nH]nc(-c3cc(C)cc(C)c3O)c2C1c1ccc(O)c(OCC)c1. The van der Waals surface area contributed by atoms with Gasteiger partial charge >= 0.3 is 0 Å². The Balaban J connectivity index is 1.91. The van der Waals surface area contributed by atoms with Crippen LogP contribution in [0.5, 0.6) is 17.2 Å². The van der Waals surface area contributed by atoms with Crippen LogP contribution in [0.15, 0.2) is 30.3 Å². The van der Waals surface area contributed by atoms with Gasteiger partial charge in [0.2, 0.25) is 0 Å². The number of carbonyl (C=O) groups is 1. The van der Waals surface area contributed by atoms with Crippen LogP contribution in [0.2, 0.25) is 0 Å². The van der Waals surface area contributed by atoms with E-state index in [1.807, 2.05) is 43.9 Å². The van der Waals surface area contributed by atoms with Gasteiger partial charge in [0.25, 0.3) is 5.91 Å². The molecule has 2 aromatic carbocycles. The molecule has 3 N–H and O–H groups in total. The predicted octanol–water partition coefficient (Wildman–Crippen LogP) is 4.85. The van der Waals surface area contributed by atoms with Gasteiger partial charge in [-0.3, -0.25) is 9.89 Å². The highest BCUT2D eigenvalue weighted by Gasteiger charge is 2.42. The molecule has 0 fully saturated rings. The molecular weight excluding hydrogens is 406 g/mol. The number of aryl methyl sites for hydroxylation is 2. The van der Waals surface area contributed by atoms with Gasteiger partial charge in [-0.05, 0) is 62.1 Å². The number of aromatic amines is 1. The molecule has 1 aliphatic rings. The number of hydrogen-bond acceptors (Lipinski definition) is 5. The highest BCUT2D eigenvalue weighted by Crippen LogP contribution is 2.46. The zero-order valence-electron chi connectivity index (χ0n) is 18.9. The van der Waals surface area contributed by atoms with Crippen molar-refractivity contribution in [3.8, 4) is 28.5 Å². The van der Waals surface area contributed by atoms with E-state index < -0.39 is 6.04 Å². The summed E-state index contributed by atoms with van der Waals surface area (Å²) in [4.78, 5) is 15.2. The summed E-state index contributed by atoms with van der Waals surface area (Å²) in [7, 11) is 0. The number of carbonyl (C=O) groups excluding carboxylic acids is 1. The van der Waals surface area contributed by atoms with Crippen LogP contribution in [-0.4, -0.2) is 44.4 Å². The Labute approximate surface area is 187 Å². The zero-order valence-corrected chi connectivity index (χ0v) is 18.9. The van der Waals surface area contributed by atoms with E-state index in [9.17, 15) is 15.0 Å². The normalized spacial score (nSPS) is 15.3. The summed E-state index contributed by atoms with van der Waals surface area (Å²) in [5.74, 6) is 0.469. The molecule has 4 rings (SSSR count). The molecule has 1 unspecified atom stereocenters. The quantitative estimate of drug-likeness (QED) is 0.493. The number of benzene rings is 2. The number of ether oxygens (including phenoxy) is 1. The number of aromatic nitrogens is 2. The molecule has 0 spiro atoms. The molecule has 0 saturated carbocycles. The second kappa shape index (κ2) is 8.57. The number of aromatic hydroxyl groups is 2. The van der Waals surface area contributed by atoms with E-state index in [-0.39, 0.29) is 17.4 Å². The van der Waals surface area contributed by atoms with E-state index in [0.29, 0.717) is 35.9 Å². The fourth-order valence-corrected chi connectivity index (χ4v) is 4.42. The number of phenols is 2. The van der Waals surface area contributed by atoms with E-state index in [4.69, 9.17) is 4.74 Å². The highest BCUT2D eigenvalue weighted by molar-refractivity contribution is 6.00. The van der Waals surface area contributed by atoms with Crippen molar-refractivity contribution in [1.29, 1.82) is 0 Å². The van der Waals surface area contributed by atoms with Crippen molar-refractivity contribution < 1.29 is 19.7 Å². The fourth-order valence-electron chi connectivity index (χ4n) is 4.42. The molecule has 3 aromatic rings. The third kappa shape index (κ3) is 3.57. The van der Waals surface area contributed by atoms with Gasteiger partial charge in [0.15, 0.2) is 11.5 Å². The van der Waals surface area contributed by atoms with E-state index in [0.717, 1.165) is 35.1 Å². The van der Waals surface area contributed by atoms with Crippen LogP contribution >= 0.6 is 0 Å². The van der Waals surface area contributed by atoms with E-state index in [1.54, 1.807) is 12.1 Å².